The number of carbonyl (C=O) groups excluding carboxylic acids is 1. The standard InChI is InChI=1S/C12H18N2O2/c1-5-14-12(2,3)11(15)9-6-10(16-4)8-13-7-9/h6-8,14H,5H2,1-4H3. The Balaban J connectivity index is 2.95. The number of hydrogen-bond acceptors (Lipinski definition) is 4. The highest BCUT2D eigenvalue weighted by atomic mass is 16.5. The average molecular weight is 222 g/mol. The molecule has 0 amide bonds. The summed E-state index contributed by atoms with van der Waals surface area (Å²) in [5, 5.41) is 3.14. The van der Waals surface area contributed by atoms with Crippen LogP contribution in [0.3, 0.4) is 0 Å². The van der Waals surface area contributed by atoms with E-state index in [1.165, 1.54) is 0 Å². The molecule has 4 heteroatoms. The lowest BCUT2D eigenvalue weighted by molar-refractivity contribution is 0.0883. The highest BCUT2D eigenvalue weighted by molar-refractivity contribution is 6.02. The van der Waals surface area contributed by atoms with Crippen molar-refractivity contribution in [2.45, 2.75) is 26.3 Å². The Bertz CT molecular complexity index is 375. The van der Waals surface area contributed by atoms with E-state index in [-0.39, 0.29) is 5.78 Å². The van der Waals surface area contributed by atoms with Gasteiger partial charge in [-0.15, -0.1) is 0 Å². The molecule has 1 rings (SSSR count). The smallest absolute Gasteiger partial charge is 0.183 e. The van der Waals surface area contributed by atoms with Gasteiger partial charge >= 0.3 is 0 Å². The predicted molar refractivity (Wildman–Crippen MR) is 62.9 cm³/mol. The van der Waals surface area contributed by atoms with Gasteiger partial charge in [0.1, 0.15) is 5.75 Å². The molecule has 16 heavy (non-hydrogen) atoms. The van der Waals surface area contributed by atoms with Gasteiger partial charge in [-0.1, -0.05) is 6.92 Å². The number of aromatic nitrogens is 1. The lowest BCUT2D eigenvalue weighted by atomic mass is 9.94. The fourth-order valence-electron chi connectivity index (χ4n) is 1.54. The molecular formula is C12H18N2O2. The van der Waals surface area contributed by atoms with Crippen LogP contribution in [-0.4, -0.2) is 30.0 Å². The van der Waals surface area contributed by atoms with Gasteiger partial charge < -0.3 is 10.1 Å². The summed E-state index contributed by atoms with van der Waals surface area (Å²) in [5.74, 6) is 0.610. The lowest BCUT2D eigenvalue weighted by Gasteiger charge is -2.23. The van der Waals surface area contributed by atoms with E-state index in [2.05, 4.69) is 10.3 Å². The number of likely N-dealkylation sites (N-methyl/N-ethyl adjacent to an activating group) is 1. The first kappa shape index (κ1) is 12.6. The summed E-state index contributed by atoms with van der Waals surface area (Å²) < 4.78 is 5.04. The third-order valence-electron chi connectivity index (χ3n) is 2.40. The van der Waals surface area contributed by atoms with Crippen molar-refractivity contribution in [1.29, 1.82) is 0 Å². The number of nitrogens with one attached hydrogen (secondary N) is 1. The molecule has 0 saturated heterocycles. The lowest BCUT2D eigenvalue weighted by Crippen LogP contribution is -2.46. The van der Waals surface area contributed by atoms with E-state index in [1.54, 1.807) is 25.6 Å². The van der Waals surface area contributed by atoms with Gasteiger partial charge in [-0.2, -0.15) is 0 Å². The number of rotatable bonds is 5. The van der Waals surface area contributed by atoms with Gasteiger partial charge in [-0.25, -0.2) is 0 Å². The van der Waals surface area contributed by atoms with Crippen molar-refractivity contribution in [3.8, 4) is 5.75 Å². The summed E-state index contributed by atoms with van der Waals surface area (Å²) in [6, 6.07) is 1.70. The fourth-order valence-corrected chi connectivity index (χ4v) is 1.54. The van der Waals surface area contributed by atoms with Crippen molar-refractivity contribution >= 4 is 5.78 Å². The van der Waals surface area contributed by atoms with E-state index >= 15 is 0 Å². The van der Waals surface area contributed by atoms with Crippen LogP contribution in [-0.2, 0) is 0 Å². The zero-order chi connectivity index (χ0) is 12.2. The maximum atomic E-state index is 12.2. The third kappa shape index (κ3) is 2.79. The van der Waals surface area contributed by atoms with Crippen molar-refractivity contribution in [1.82, 2.24) is 10.3 Å². The number of ether oxygens (including phenoxy) is 1. The molecule has 0 aliphatic carbocycles. The van der Waals surface area contributed by atoms with E-state index < -0.39 is 5.54 Å². The molecule has 1 aromatic heterocycles. The van der Waals surface area contributed by atoms with Crippen LogP contribution in [0.4, 0.5) is 0 Å². The Morgan fingerprint density at radius 1 is 1.50 bits per heavy atom. The van der Waals surface area contributed by atoms with Gasteiger partial charge in [0.05, 0.1) is 18.8 Å². The summed E-state index contributed by atoms with van der Waals surface area (Å²) in [7, 11) is 1.56. The number of methoxy groups -OCH3 is 1. The highest BCUT2D eigenvalue weighted by Crippen LogP contribution is 2.16. The van der Waals surface area contributed by atoms with Crippen LogP contribution in [0.2, 0.25) is 0 Å². The molecule has 1 N–H and O–H groups in total. The molecule has 0 atom stereocenters. The average Bonchev–Trinajstić information content (AvgIpc) is 2.28. The number of ketones is 1. The predicted octanol–water partition coefficient (Wildman–Crippen LogP) is 1.66. The van der Waals surface area contributed by atoms with Gasteiger partial charge in [-0.3, -0.25) is 9.78 Å². The highest BCUT2D eigenvalue weighted by Gasteiger charge is 2.27. The molecule has 0 aliphatic heterocycles. The first-order valence-corrected chi connectivity index (χ1v) is 5.30. The normalized spacial score (nSPS) is 11.2. The molecular weight excluding hydrogens is 204 g/mol. The van der Waals surface area contributed by atoms with E-state index in [9.17, 15) is 4.79 Å². The minimum absolute atomic E-state index is 0.0146. The number of hydrogen-bond donors (Lipinski definition) is 1. The SMILES string of the molecule is CCNC(C)(C)C(=O)c1cncc(OC)c1. The Morgan fingerprint density at radius 2 is 2.19 bits per heavy atom. The molecule has 0 saturated carbocycles. The van der Waals surface area contributed by atoms with Gasteiger partial charge in [0.15, 0.2) is 5.78 Å². The van der Waals surface area contributed by atoms with Gasteiger partial charge in [-0.05, 0) is 26.5 Å². The molecule has 0 unspecified atom stereocenters. The number of pyridine rings is 1. The quantitative estimate of drug-likeness (QED) is 0.770. The summed E-state index contributed by atoms with van der Waals surface area (Å²) in [6.45, 7) is 6.44. The summed E-state index contributed by atoms with van der Waals surface area (Å²) in [5.41, 5.74) is -0.0201. The molecule has 88 valence electrons. The number of nitrogens with zero attached hydrogens (tertiary/aromatic N) is 1. The number of Topliss-reactive ketones (excluding diaryl/α,β-unsaturated/α-hetero) is 1. The van der Waals surface area contributed by atoms with E-state index in [4.69, 9.17) is 4.74 Å². The van der Waals surface area contributed by atoms with Crippen LogP contribution in [0.15, 0.2) is 18.5 Å². The summed E-state index contributed by atoms with van der Waals surface area (Å²) >= 11 is 0. The molecule has 4 nitrogen and oxygen atoms in total. The van der Waals surface area contributed by atoms with Gasteiger partial charge in [0.2, 0.25) is 0 Å². The van der Waals surface area contributed by atoms with Crippen molar-refractivity contribution in [3.63, 3.8) is 0 Å². The molecule has 0 bridgehead atoms. The Kier molecular flexibility index (Phi) is 4.01. The molecule has 1 heterocycles. The number of carbonyl (C=O) groups is 1. The minimum Gasteiger partial charge on any atom is -0.495 e. The van der Waals surface area contributed by atoms with Crippen molar-refractivity contribution < 1.29 is 9.53 Å². The topological polar surface area (TPSA) is 51.2 Å². The molecule has 1 aromatic rings. The minimum atomic E-state index is -0.581. The maximum Gasteiger partial charge on any atom is 0.183 e. The molecule has 0 radical (unpaired) electrons. The molecule has 0 aliphatic rings. The maximum absolute atomic E-state index is 12.2. The Hall–Kier alpha value is -1.42. The molecule has 0 aromatic carbocycles. The second-order valence-corrected chi connectivity index (χ2v) is 4.10. The largest absolute Gasteiger partial charge is 0.495 e. The first-order valence-electron chi connectivity index (χ1n) is 5.30. The van der Waals surface area contributed by atoms with Crippen molar-refractivity contribution in [2.24, 2.45) is 0 Å². The van der Waals surface area contributed by atoms with Gasteiger partial charge in [0.25, 0.3) is 0 Å². The third-order valence-corrected chi connectivity index (χ3v) is 2.40. The van der Waals surface area contributed by atoms with E-state index in [0.29, 0.717) is 11.3 Å². The van der Waals surface area contributed by atoms with Crippen LogP contribution in [0.25, 0.3) is 0 Å². The van der Waals surface area contributed by atoms with Gasteiger partial charge in [0, 0.05) is 11.8 Å². The summed E-state index contributed by atoms with van der Waals surface area (Å²) in [6.07, 6.45) is 3.14. The summed E-state index contributed by atoms with van der Waals surface area (Å²) in [4.78, 5) is 16.1. The Labute approximate surface area is 96.0 Å². The van der Waals surface area contributed by atoms with Crippen LogP contribution in [0.5, 0.6) is 5.75 Å². The zero-order valence-electron chi connectivity index (χ0n) is 10.2. The van der Waals surface area contributed by atoms with Crippen molar-refractivity contribution in [3.05, 3.63) is 24.0 Å². The second kappa shape index (κ2) is 5.07. The Morgan fingerprint density at radius 3 is 2.75 bits per heavy atom. The zero-order valence-corrected chi connectivity index (χ0v) is 10.2. The monoisotopic (exact) mass is 222 g/mol. The van der Waals surface area contributed by atoms with E-state index in [1.807, 2.05) is 20.8 Å². The first-order chi connectivity index (χ1) is 7.51. The fraction of sp³-hybridized carbons (Fsp3) is 0.500. The van der Waals surface area contributed by atoms with Crippen LogP contribution in [0, 0.1) is 0 Å². The van der Waals surface area contributed by atoms with Crippen LogP contribution < -0.4 is 10.1 Å². The van der Waals surface area contributed by atoms with Crippen molar-refractivity contribution in [2.75, 3.05) is 13.7 Å². The van der Waals surface area contributed by atoms with Crippen LogP contribution in [0.1, 0.15) is 31.1 Å². The van der Waals surface area contributed by atoms with Crippen LogP contribution >= 0.6 is 0 Å². The molecule has 0 fully saturated rings. The second-order valence-electron chi connectivity index (χ2n) is 4.10. The molecule has 0 spiro atoms. The van der Waals surface area contributed by atoms with E-state index in [0.717, 1.165) is 6.54 Å².